The van der Waals surface area contributed by atoms with E-state index >= 15 is 0 Å². The Bertz CT molecular complexity index is 663. The van der Waals surface area contributed by atoms with E-state index in [1.54, 1.807) is 18.2 Å². The van der Waals surface area contributed by atoms with Crippen molar-refractivity contribution in [3.63, 3.8) is 0 Å². The van der Waals surface area contributed by atoms with Gasteiger partial charge in [0, 0.05) is 5.02 Å². The fourth-order valence-corrected chi connectivity index (χ4v) is 1.64. The molecule has 0 fully saturated rings. The number of ether oxygens (including phenoxy) is 1. The van der Waals surface area contributed by atoms with Crippen LogP contribution in [-0.2, 0) is 0 Å². The molecule has 0 aliphatic carbocycles. The molecule has 0 aliphatic rings. The summed E-state index contributed by atoms with van der Waals surface area (Å²) in [6, 6.07) is 7.44. The molecule has 0 saturated carbocycles. The molecule has 3 N–H and O–H groups in total. The highest BCUT2D eigenvalue weighted by Crippen LogP contribution is 2.28. The van der Waals surface area contributed by atoms with Gasteiger partial charge in [-0.1, -0.05) is 11.6 Å². The zero-order valence-corrected chi connectivity index (χ0v) is 11.2. The fraction of sp³-hybridized carbons (Fsp3) is 0.0833. The summed E-state index contributed by atoms with van der Waals surface area (Å²) in [7, 11) is 0. The lowest BCUT2D eigenvalue weighted by Crippen LogP contribution is -2.09. The van der Waals surface area contributed by atoms with E-state index in [9.17, 15) is 10.1 Å². The van der Waals surface area contributed by atoms with Crippen LogP contribution in [0, 0.1) is 17.0 Å². The highest BCUT2D eigenvalue weighted by Gasteiger charge is 2.12. The second-order valence-corrected chi connectivity index (χ2v) is 4.37. The van der Waals surface area contributed by atoms with Gasteiger partial charge in [-0.2, -0.15) is 4.98 Å². The summed E-state index contributed by atoms with van der Waals surface area (Å²) in [4.78, 5) is 14.2. The van der Waals surface area contributed by atoms with Gasteiger partial charge in [-0.05, 0) is 30.7 Å². The average Bonchev–Trinajstić information content (AvgIpc) is 2.42. The number of nitro groups is 1. The topological polar surface area (TPSA) is 103 Å². The molecule has 0 unspecified atom stereocenters. The van der Waals surface area contributed by atoms with Crippen molar-refractivity contribution >= 4 is 23.1 Å². The van der Waals surface area contributed by atoms with Crippen LogP contribution >= 0.6 is 11.6 Å². The minimum Gasteiger partial charge on any atom is -0.439 e. The van der Waals surface area contributed by atoms with Gasteiger partial charge in [-0.25, -0.2) is 5.84 Å². The second kappa shape index (κ2) is 5.72. The van der Waals surface area contributed by atoms with E-state index < -0.39 is 4.92 Å². The fourth-order valence-electron chi connectivity index (χ4n) is 1.52. The Morgan fingerprint density at radius 2 is 2.15 bits per heavy atom. The summed E-state index contributed by atoms with van der Waals surface area (Å²) >= 11 is 5.91. The van der Waals surface area contributed by atoms with Gasteiger partial charge >= 0.3 is 0 Å². The molecule has 0 amide bonds. The predicted octanol–water partition coefficient (Wildman–Crippen LogP) is 3.03. The largest absolute Gasteiger partial charge is 0.439 e. The van der Waals surface area contributed by atoms with Gasteiger partial charge < -0.3 is 10.2 Å². The summed E-state index contributed by atoms with van der Waals surface area (Å²) in [6.45, 7) is 1.82. The number of hydrogen-bond acceptors (Lipinski definition) is 6. The zero-order valence-electron chi connectivity index (χ0n) is 10.5. The number of nitrogens with two attached hydrogens (primary N) is 1. The summed E-state index contributed by atoms with van der Waals surface area (Å²) in [5.41, 5.74) is 2.91. The molecule has 8 heteroatoms. The van der Waals surface area contributed by atoms with E-state index in [1.165, 1.54) is 12.1 Å². The smallest absolute Gasteiger partial charge is 0.278 e. The Kier molecular flexibility index (Phi) is 4.02. The van der Waals surface area contributed by atoms with Crippen LogP contribution in [0.25, 0.3) is 0 Å². The van der Waals surface area contributed by atoms with Crippen LogP contribution in [0.4, 0.5) is 11.5 Å². The molecule has 20 heavy (non-hydrogen) atoms. The van der Waals surface area contributed by atoms with Gasteiger partial charge in [0.2, 0.25) is 5.88 Å². The third kappa shape index (κ3) is 3.14. The lowest BCUT2D eigenvalue weighted by Gasteiger charge is -2.08. The van der Waals surface area contributed by atoms with E-state index in [0.717, 1.165) is 5.56 Å². The van der Waals surface area contributed by atoms with Crippen molar-refractivity contribution < 1.29 is 9.66 Å². The second-order valence-electron chi connectivity index (χ2n) is 3.96. The minimum absolute atomic E-state index is 0.0638. The predicted molar refractivity (Wildman–Crippen MR) is 75.0 cm³/mol. The number of anilines is 1. The highest BCUT2D eigenvalue weighted by molar-refractivity contribution is 6.31. The molecular formula is C12H11ClN4O3. The molecule has 7 nitrogen and oxygen atoms in total. The van der Waals surface area contributed by atoms with Crippen LogP contribution in [0.15, 0.2) is 30.3 Å². The minimum atomic E-state index is -0.553. The maximum atomic E-state index is 10.8. The highest BCUT2D eigenvalue weighted by atomic mass is 35.5. The van der Waals surface area contributed by atoms with Gasteiger partial charge in [-0.15, -0.1) is 0 Å². The number of aryl methyl sites for hydroxylation is 1. The first-order valence-corrected chi connectivity index (χ1v) is 5.94. The maximum Gasteiger partial charge on any atom is 0.278 e. The van der Waals surface area contributed by atoms with Crippen molar-refractivity contribution in [3.05, 3.63) is 51.0 Å². The van der Waals surface area contributed by atoms with Gasteiger partial charge in [0.25, 0.3) is 5.69 Å². The first-order chi connectivity index (χ1) is 9.49. The van der Waals surface area contributed by atoms with Gasteiger partial charge in [0.15, 0.2) is 5.82 Å². The Hall–Kier alpha value is -2.38. The van der Waals surface area contributed by atoms with Crippen LogP contribution < -0.4 is 16.0 Å². The van der Waals surface area contributed by atoms with E-state index in [0.29, 0.717) is 10.8 Å². The van der Waals surface area contributed by atoms with Crippen molar-refractivity contribution in [2.24, 2.45) is 5.84 Å². The summed E-state index contributed by atoms with van der Waals surface area (Å²) in [5.74, 6) is 5.89. The summed E-state index contributed by atoms with van der Waals surface area (Å²) < 4.78 is 5.48. The van der Waals surface area contributed by atoms with Crippen LogP contribution in [0.1, 0.15) is 5.56 Å². The van der Waals surface area contributed by atoms with E-state index in [2.05, 4.69) is 10.4 Å². The van der Waals surface area contributed by atoms with Crippen molar-refractivity contribution in [3.8, 4) is 11.6 Å². The number of halogens is 1. The number of nitrogens with one attached hydrogen (secondary N) is 1. The molecule has 1 aromatic heterocycles. The van der Waals surface area contributed by atoms with Gasteiger partial charge in [0.05, 0.1) is 17.1 Å². The molecular weight excluding hydrogens is 284 g/mol. The van der Waals surface area contributed by atoms with Crippen molar-refractivity contribution in [2.45, 2.75) is 6.92 Å². The van der Waals surface area contributed by atoms with Crippen LogP contribution in [0.3, 0.4) is 0 Å². The third-order valence-corrected chi connectivity index (χ3v) is 2.92. The van der Waals surface area contributed by atoms with Crippen LogP contribution in [0.2, 0.25) is 5.02 Å². The van der Waals surface area contributed by atoms with E-state index in [4.69, 9.17) is 22.2 Å². The van der Waals surface area contributed by atoms with Crippen LogP contribution in [0.5, 0.6) is 11.6 Å². The molecule has 0 radical (unpaired) electrons. The zero-order chi connectivity index (χ0) is 14.7. The standard InChI is InChI=1S/C12H11ClN4O3/c1-7-4-9(2-3-10(7)13)20-12-6-8(17(18)19)5-11(15-12)16-14/h2-6H,14H2,1H3,(H,15,16). The lowest BCUT2D eigenvalue weighted by molar-refractivity contribution is -0.384. The molecule has 0 spiro atoms. The number of rotatable bonds is 4. The number of aromatic nitrogens is 1. The normalized spacial score (nSPS) is 10.2. The van der Waals surface area contributed by atoms with Crippen molar-refractivity contribution in [1.29, 1.82) is 0 Å². The SMILES string of the molecule is Cc1cc(Oc2cc([N+](=O)[O-])cc(NN)n2)ccc1Cl. The first-order valence-electron chi connectivity index (χ1n) is 5.56. The van der Waals surface area contributed by atoms with Gasteiger partial charge in [-0.3, -0.25) is 10.1 Å². The number of nitrogen functional groups attached to an aromatic ring is 1. The molecule has 0 atom stereocenters. The average molecular weight is 295 g/mol. The van der Waals surface area contributed by atoms with E-state index in [1.807, 2.05) is 6.92 Å². The Morgan fingerprint density at radius 1 is 1.40 bits per heavy atom. The van der Waals surface area contributed by atoms with Crippen molar-refractivity contribution in [2.75, 3.05) is 5.43 Å². The molecule has 104 valence electrons. The molecule has 0 bridgehead atoms. The first kappa shape index (κ1) is 14.0. The molecule has 2 aromatic rings. The molecule has 1 heterocycles. The number of hydrogen-bond donors (Lipinski definition) is 2. The van der Waals surface area contributed by atoms with E-state index in [-0.39, 0.29) is 17.4 Å². The molecule has 1 aromatic carbocycles. The maximum absolute atomic E-state index is 10.8. The number of pyridine rings is 1. The number of hydrazine groups is 1. The molecule has 0 aliphatic heterocycles. The third-order valence-electron chi connectivity index (χ3n) is 2.50. The van der Waals surface area contributed by atoms with Crippen LogP contribution in [-0.4, -0.2) is 9.91 Å². The summed E-state index contributed by atoms with van der Waals surface area (Å²) in [5, 5.41) is 11.4. The van der Waals surface area contributed by atoms with Crippen molar-refractivity contribution in [1.82, 2.24) is 4.98 Å². The Balaban J connectivity index is 2.34. The Labute approximate surface area is 119 Å². The quantitative estimate of drug-likeness (QED) is 0.510. The lowest BCUT2D eigenvalue weighted by atomic mass is 10.2. The number of benzene rings is 1. The number of nitrogens with zero attached hydrogens (tertiary/aromatic N) is 2. The monoisotopic (exact) mass is 294 g/mol. The summed E-state index contributed by atoms with van der Waals surface area (Å²) in [6.07, 6.45) is 0. The van der Waals surface area contributed by atoms with Gasteiger partial charge in [0.1, 0.15) is 5.75 Å². The molecule has 2 rings (SSSR count). The Morgan fingerprint density at radius 3 is 2.75 bits per heavy atom. The molecule has 0 saturated heterocycles.